The highest BCUT2D eigenvalue weighted by molar-refractivity contribution is 7.10. The van der Waals surface area contributed by atoms with Crippen molar-refractivity contribution in [2.24, 2.45) is 11.3 Å². The molecule has 32 heavy (non-hydrogen) atoms. The molecule has 0 bridgehead atoms. The Morgan fingerprint density at radius 3 is 2.31 bits per heavy atom. The van der Waals surface area contributed by atoms with Crippen LogP contribution in [0.3, 0.4) is 0 Å². The van der Waals surface area contributed by atoms with Crippen molar-refractivity contribution in [2.75, 3.05) is 5.32 Å². The molecule has 5 heteroatoms. The lowest BCUT2D eigenvalue weighted by Gasteiger charge is -2.34. The van der Waals surface area contributed by atoms with Crippen molar-refractivity contribution in [3.05, 3.63) is 86.1 Å². The van der Waals surface area contributed by atoms with Crippen LogP contribution in [0.4, 0.5) is 5.69 Å². The van der Waals surface area contributed by atoms with Crippen molar-refractivity contribution < 1.29 is 14.4 Å². The first kappa shape index (κ1) is 20.8. The topological polar surface area (TPSA) is 63.2 Å². The Kier molecular flexibility index (Phi) is 4.90. The Hall–Kier alpha value is -3.05. The molecule has 2 aliphatic carbocycles. The van der Waals surface area contributed by atoms with E-state index in [9.17, 15) is 14.4 Å². The van der Waals surface area contributed by atoms with E-state index in [1.807, 2.05) is 5.38 Å². The van der Waals surface area contributed by atoms with E-state index in [0.717, 1.165) is 30.4 Å². The number of rotatable bonds is 2. The lowest BCUT2D eigenvalue weighted by Crippen LogP contribution is -2.27. The Morgan fingerprint density at radius 2 is 1.62 bits per heavy atom. The zero-order valence-electron chi connectivity index (χ0n) is 18.5. The predicted molar refractivity (Wildman–Crippen MR) is 127 cm³/mol. The molecule has 0 saturated heterocycles. The maximum Gasteiger partial charge on any atom is 0.256 e. The van der Waals surface area contributed by atoms with E-state index in [2.05, 4.69) is 26.1 Å². The number of fused-ring (bicyclic) bond motifs is 3. The van der Waals surface area contributed by atoms with Crippen LogP contribution in [0.5, 0.6) is 0 Å². The van der Waals surface area contributed by atoms with Gasteiger partial charge in [-0.25, -0.2) is 0 Å². The van der Waals surface area contributed by atoms with E-state index < -0.39 is 0 Å². The van der Waals surface area contributed by atoms with Gasteiger partial charge in [0.05, 0.1) is 5.56 Å². The molecule has 2 aliphatic rings. The second kappa shape index (κ2) is 7.52. The highest BCUT2D eigenvalue weighted by Gasteiger charge is 2.32. The van der Waals surface area contributed by atoms with E-state index in [1.165, 1.54) is 4.88 Å². The molecule has 4 nitrogen and oxygen atoms in total. The van der Waals surface area contributed by atoms with Gasteiger partial charge in [-0.15, -0.1) is 11.3 Å². The molecule has 1 N–H and O–H groups in total. The number of amides is 1. The minimum atomic E-state index is -0.188. The van der Waals surface area contributed by atoms with Gasteiger partial charge in [0.2, 0.25) is 0 Å². The monoisotopic (exact) mass is 443 g/mol. The fourth-order valence-corrected chi connectivity index (χ4v) is 5.98. The van der Waals surface area contributed by atoms with Crippen LogP contribution < -0.4 is 5.32 Å². The Morgan fingerprint density at radius 1 is 0.969 bits per heavy atom. The second-order valence-corrected chi connectivity index (χ2v) is 10.7. The quantitative estimate of drug-likeness (QED) is 0.418. The number of nitrogens with one attached hydrogen (secondary N) is 1. The largest absolute Gasteiger partial charge is 0.322 e. The number of anilines is 1. The minimum Gasteiger partial charge on any atom is -0.322 e. The molecule has 0 fully saturated rings. The molecule has 1 atom stereocenters. The Labute approximate surface area is 191 Å². The minimum absolute atomic E-state index is 0.159. The summed E-state index contributed by atoms with van der Waals surface area (Å²) in [6.07, 6.45) is 3.02. The van der Waals surface area contributed by atoms with Gasteiger partial charge in [-0.05, 0) is 54.4 Å². The molecular weight excluding hydrogens is 418 g/mol. The Bertz CT molecular complexity index is 1280. The second-order valence-electron chi connectivity index (χ2n) is 9.78. The van der Waals surface area contributed by atoms with Crippen molar-refractivity contribution in [1.29, 1.82) is 0 Å². The predicted octanol–water partition coefficient (Wildman–Crippen LogP) is 5.93. The number of thiophene rings is 1. The number of ketones is 2. The lowest BCUT2D eigenvalue weighted by molar-refractivity contribution is 0.0979. The maximum atomic E-state index is 13.1. The summed E-state index contributed by atoms with van der Waals surface area (Å²) in [4.78, 5) is 40.1. The summed E-state index contributed by atoms with van der Waals surface area (Å²) >= 11 is 1.67. The number of carbonyl (C=O) groups is 3. The van der Waals surface area contributed by atoms with Crippen LogP contribution in [-0.4, -0.2) is 17.5 Å². The first-order valence-corrected chi connectivity index (χ1v) is 11.8. The Balaban J connectivity index is 1.40. The summed E-state index contributed by atoms with van der Waals surface area (Å²) in [5.41, 5.74) is 4.23. The van der Waals surface area contributed by atoms with E-state index in [4.69, 9.17) is 0 Å². The van der Waals surface area contributed by atoms with Gasteiger partial charge in [-0.2, -0.15) is 0 Å². The first-order valence-electron chi connectivity index (χ1n) is 11.0. The number of hydrogen-bond acceptors (Lipinski definition) is 4. The number of benzene rings is 2. The normalized spacial score (nSPS) is 17.4. The molecule has 0 spiro atoms. The van der Waals surface area contributed by atoms with Crippen molar-refractivity contribution >= 4 is 34.5 Å². The van der Waals surface area contributed by atoms with Crippen molar-refractivity contribution in [2.45, 2.75) is 40.0 Å². The summed E-state index contributed by atoms with van der Waals surface area (Å²) in [5.74, 6) is 0.115. The molecule has 0 radical (unpaired) electrons. The van der Waals surface area contributed by atoms with Crippen molar-refractivity contribution in [1.82, 2.24) is 0 Å². The fourth-order valence-electron chi connectivity index (χ4n) is 4.82. The summed E-state index contributed by atoms with van der Waals surface area (Å²) in [5, 5.41) is 4.90. The van der Waals surface area contributed by atoms with Crippen LogP contribution in [-0.2, 0) is 12.8 Å². The van der Waals surface area contributed by atoms with E-state index in [-0.39, 0.29) is 22.9 Å². The van der Waals surface area contributed by atoms with Crippen LogP contribution >= 0.6 is 11.3 Å². The molecule has 162 valence electrons. The van der Waals surface area contributed by atoms with Gasteiger partial charge in [0.1, 0.15) is 0 Å². The zero-order valence-corrected chi connectivity index (χ0v) is 19.3. The SMILES string of the molecule is CC(C)(C)C1CCc2c(C(=O)Nc3ccc4c(c3)C(=O)c3ccccc3C4=O)csc2C1. The van der Waals surface area contributed by atoms with E-state index in [1.54, 1.807) is 53.8 Å². The standard InChI is InChI=1S/C27H25NO3S/c1-27(2,3)15-8-10-17-22(14-32-23(17)12-15)26(31)28-16-9-11-20-21(13-16)25(30)19-7-5-4-6-18(19)24(20)29/h4-7,9,11,13-15H,8,10,12H2,1-3H3,(H,28,31). The van der Waals surface area contributed by atoms with Crippen LogP contribution in [0, 0.1) is 11.3 Å². The molecular formula is C27H25NO3S. The third kappa shape index (κ3) is 3.41. The third-order valence-electron chi connectivity index (χ3n) is 6.81. The van der Waals surface area contributed by atoms with Gasteiger partial charge in [-0.1, -0.05) is 45.0 Å². The molecule has 1 heterocycles. The highest BCUT2D eigenvalue weighted by Crippen LogP contribution is 2.40. The van der Waals surface area contributed by atoms with E-state index >= 15 is 0 Å². The smallest absolute Gasteiger partial charge is 0.256 e. The molecule has 1 amide bonds. The van der Waals surface area contributed by atoms with Gasteiger partial charge in [0.25, 0.3) is 5.91 Å². The first-order chi connectivity index (χ1) is 15.2. The average molecular weight is 444 g/mol. The molecule has 1 aromatic heterocycles. The zero-order chi connectivity index (χ0) is 22.6. The van der Waals surface area contributed by atoms with Gasteiger partial charge in [0, 0.05) is 38.2 Å². The average Bonchev–Trinajstić information content (AvgIpc) is 3.20. The van der Waals surface area contributed by atoms with E-state index in [0.29, 0.717) is 33.9 Å². The summed E-state index contributed by atoms with van der Waals surface area (Å²) in [6.45, 7) is 6.85. The molecule has 0 saturated carbocycles. The molecule has 3 aromatic rings. The number of carbonyl (C=O) groups excluding carboxylic acids is 3. The van der Waals surface area contributed by atoms with Crippen LogP contribution in [0.2, 0.25) is 0 Å². The molecule has 2 aromatic carbocycles. The lowest BCUT2D eigenvalue weighted by atomic mass is 9.72. The third-order valence-corrected chi connectivity index (χ3v) is 7.86. The highest BCUT2D eigenvalue weighted by atomic mass is 32.1. The summed E-state index contributed by atoms with van der Waals surface area (Å²) < 4.78 is 0. The number of hydrogen-bond donors (Lipinski definition) is 1. The molecule has 5 rings (SSSR count). The van der Waals surface area contributed by atoms with Crippen LogP contribution in [0.15, 0.2) is 47.8 Å². The van der Waals surface area contributed by atoms with Crippen LogP contribution in [0.1, 0.15) is 79.8 Å². The van der Waals surface area contributed by atoms with Gasteiger partial charge < -0.3 is 5.32 Å². The maximum absolute atomic E-state index is 13.1. The fraction of sp³-hybridized carbons (Fsp3) is 0.296. The van der Waals surface area contributed by atoms with Gasteiger partial charge in [0.15, 0.2) is 11.6 Å². The summed E-state index contributed by atoms with van der Waals surface area (Å²) in [6, 6.07) is 11.8. The van der Waals surface area contributed by atoms with Gasteiger partial charge >= 0.3 is 0 Å². The van der Waals surface area contributed by atoms with Crippen LogP contribution in [0.25, 0.3) is 0 Å². The van der Waals surface area contributed by atoms with Crippen molar-refractivity contribution in [3.8, 4) is 0 Å². The van der Waals surface area contributed by atoms with Crippen molar-refractivity contribution in [3.63, 3.8) is 0 Å². The summed E-state index contributed by atoms with van der Waals surface area (Å²) in [7, 11) is 0. The molecule has 1 unspecified atom stereocenters. The molecule has 0 aliphatic heterocycles. The van der Waals surface area contributed by atoms with Gasteiger partial charge in [-0.3, -0.25) is 14.4 Å².